The minimum Gasteiger partial charge on any atom is -0.454 e. The lowest BCUT2D eigenvalue weighted by Crippen LogP contribution is -2.20. The minimum absolute atomic E-state index is 0.135. The van der Waals surface area contributed by atoms with Crippen molar-refractivity contribution >= 4 is 44.0 Å². The minimum atomic E-state index is -0.250. The molecule has 0 amide bonds. The highest BCUT2D eigenvalue weighted by Crippen LogP contribution is 2.39. The van der Waals surface area contributed by atoms with Gasteiger partial charge in [-0.1, -0.05) is 50.3 Å². The third-order valence-corrected chi connectivity index (χ3v) is 8.82. The molecule has 1 fully saturated rings. The van der Waals surface area contributed by atoms with Crippen LogP contribution in [0, 0.1) is 0 Å². The Balaban J connectivity index is 1.51. The molecular weight excluding hydrogens is 492 g/mol. The molecule has 2 aliphatic rings. The van der Waals surface area contributed by atoms with Gasteiger partial charge in [-0.2, -0.15) is 0 Å². The Bertz CT molecular complexity index is 2130. The summed E-state index contributed by atoms with van der Waals surface area (Å²) in [6.45, 7) is 0.604. The van der Waals surface area contributed by atoms with Crippen LogP contribution in [0.4, 0.5) is 0 Å². The molecule has 196 valence electrons. The zero-order valence-electron chi connectivity index (χ0n) is 21.5. The van der Waals surface area contributed by atoms with Crippen LogP contribution in [0.5, 0.6) is 0 Å². The maximum absolute atomic E-state index is 14.0. The molecule has 1 aliphatic carbocycles. The standard InChI is InChI=1S/C31H28N4O4/c36-20-11-12-21-23(16-20)39-28-24(22-15-18-8-6-7-17-13-14-34(27(17)18)31(22)38)25-29(32-26(21)28)35(33-30(25)37)19-9-4-2-1-3-5-10-19/h6-8,11-12,15-16,19,32H,1-5,9-10,13-14H2,(H,33,37). The summed E-state index contributed by atoms with van der Waals surface area (Å²) in [5.41, 5.74) is 4.70. The van der Waals surface area contributed by atoms with Crippen molar-refractivity contribution in [1.29, 1.82) is 0 Å². The quantitative estimate of drug-likeness (QED) is 0.304. The summed E-state index contributed by atoms with van der Waals surface area (Å²) >= 11 is 0. The maximum Gasteiger partial charge on any atom is 0.274 e. The van der Waals surface area contributed by atoms with Gasteiger partial charge in [0.1, 0.15) is 11.2 Å². The number of para-hydroxylation sites is 1. The van der Waals surface area contributed by atoms with Gasteiger partial charge in [0.15, 0.2) is 11.0 Å². The van der Waals surface area contributed by atoms with E-state index in [1.54, 1.807) is 6.07 Å². The molecule has 1 saturated carbocycles. The van der Waals surface area contributed by atoms with Crippen LogP contribution in [0.25, 0.3) is 55.1 Å². The van der Waals surface area contributed by atoms with Crippen LogP contribution < -0.4 is 16.5 Å². The topological polar surface area (TPSA) is 106 Å². The molecule has 0 bridgehead atoms. The van der Waals surface area contributed by atoms with E-state index in [0.29, 0.717) is 45.4 Å². The van der Waals surface area contributed by atoms with E-state index in [-0.39, 0.29) is 22.6 Å². The van der Waals surface area contributed by atoms with E-state index in [9.17, 15) is 14.4 Å². The van der Waals surface area contributed by atoms with E-state index < -0.39 is 0 Å². The van der Waals surface area contributed by atoms with Crippen molar-refractivity contribution < 1.29 is 4.42 Å². The second-order valence-corrected chi connectivity index (χ2v) is 11.1. The molecule has 0 spiro atoms. The number of pyridine rings is 2. The molecule has 6 aromatic rings. The molecule has 2 aromatic carbocycles. The summed E-state index contributed by atoms with van der Waals surface area (Å²) in [6.07, 6.45) is 8.64. The molecule has 0 unspecified atom stereocenters. The van der Waals surface area contributed by atoms with Crippen molar-refractivity contribution in [1.82, 2.24) is 19.3 Å². The first-order chi connectivity index (χ1) is 19.1. The molecule has 0 radical (unpaired) electrons. The molecule has 2 N–H and O–H groups in total. The Kier molecular flexibility index (Phi) is 4.84. The molecule has 8 nitrogen and oxygen atoms in total. The van der Waals surface area contributed by atoms with Gasteiger partial charge < -0.3 is 14.0 Å². The van der Waals surface area contributed by atoms with Gasteiger partial charge in [0, 0.05) is 23.6 Å². The first-order valence-electron chi connectivity index (χ1n) is 14.0. The first-order valence-corrected chi connectivity index (χ1v) is 14.0. The number of fused-ring (bicyclic) bond motifs is 4. The highest BCUT2D eigenvalue weighted by Gasteiger charge is 2.28. The van der Waals surface area contributed by atoms with Crippen molar-refractivity contribution in [2.24, 2.45) is 0 Å². The summed E-state index contributed by atoms with van der Waals surface area (Å²) in [6, 6.07) is 12.9. The molecule has 5 heterocycles. The highest BCUT2D eigenvalue weighted by atomic mass is 16.3. The third kappa shape index (κ3) is 3.27. The summed E-state index contributed by atoms with van der Waals surface area (Å²) in [4.78, 5) is 43.5. The average molecular weight is 521 g/mol. The van der Waals surface area contributed by atoms with Gasteiger partial charge >= 0.3 is 0 Å². The Morgan fingerprint density at radius 3 is 2.59 bits per heavy atom. The fraction of sp³-hybridized carbons (Fsp3) is 0.323. The van der Waals surface area contributed by atoms with Crippen molar-refractivity contribution in [3.8, 4) is 11.1 Å². The zero-order chi connectivity index (χ0) is 26.2. The number of benzene rings is 2. The summed E-state index contributed by atoms with van der Waals surface area (Å²) in [7, 11) is 0. The molecule has 8 rings (SSSR count). The Labute approximate surface area is 221 Å². The second-order valence-electron chi connectivity index (χ2n) is 11.1. The number of aromatic amines is 2. The molecule has 0 atom stereocenters. The monoisotopic (exact) mass is 520 g/mol. The predicted octanol–water partition coefficient (Wildman–Crippen LogP) is 5.74. The molecule has 1 aliphatic heterocycles. The Hall–Kier alpha value is -4.33. The lowest BCUT2D eigenvalue weighted by Gasteiger charge is -2.21. The third-order valence-electron chi connectivity index (χ3n) is 8.82. The van der Waals surface area contributed by atoms with E-state index in [1.165, 1.54) is 31.4 Å². The SMILES string of the molecule is O=c1ccc2c(c1)oc1c(-c3cc4cccc5c4n(c3=O)CC5)c3c(=O)[nH]n(C4CCCCCCC4)c3[nH]c12. The second kappa shape index (κ2) is 8.33. The van der Waals surface area contributed by atoms with E-state index in [1.807, 2.05) is 27.4 Å². The average Bonchev–Trinajstić information content (AvgIpc) is 3.59. The number of hydrogen-bond donors (Lipinski definition) is 2. The van der Waals surface area contributed by atoms with Crippen LogP contribution in [-0.4, -0.2) is 19.3 Å². The van der Waals surface area contributed by atoms with E-state index in [4.69, 9.17) is 4.42 Å². The zero-order valence-corrected chi connectivity index (χ0v) is 21.5. The number of rotatable bonds is 2. The normalized spacial score (nSPS) is 16.5. The number of H-pyrrole nitrogens is 2. The number of nitrogens with zero attached hydrogens (tertiary/aromatic N) is 2. The van der Waals surface area contributed by atoms with E-state index >= 15 is 0 Å². The van der Waals surface area contributed by atoms with Gasteiger partial charge in [-0.25, -0.2) is 0 Å². The maximum atomic E-state index is 14.0. The Morgan fingerprint density at radius 2 is 1.74 bits per heavy atom. The van der Waals surface area contributed by atoms with E-state index in [0.717, 1.165) is 54.0 Å². The van der Waals surface area contributed by atoms with Gasteiger partial charge in [-0.05, 0) is 48.4 Å². The molecule has 4 aromatic heterocycles. The van der Waals surface area contributed by atoms with Gasteiger partial charge in [0.05, 0.1) is 28.0 Å². The summed E-state index contributed by atoms with van der Waals surface area (Å²) < 4.78 is 10.1. The van der Waals surface area contributed by atoms with Crippen LogP contribution in [0.15, 0.2) is 61.3 Å². The number of aryl methyl sites for hydroxylation is 2. The number of furan rings is 1. The lowest BCUT2D eigenvalue weighted by atomic mass is 9.96. The van der Waals surface area contributed by atoms with Gasteiger partial charge in [0.25, 0.3) is 11.1 Å². The van der Waals surface area contributed by atoms with Crippen LogP contribution in [0.1, 0.15) is 56.6 Å². The van der Waals surface area contributed by atoms with Crippen LogP contribution in [0.2, 0.25) is 0 Å². The largest absolute Gasteiger partial charge is 0.454 e. The smallest absolute Gasteiger partial charge is 0.274 e. The van der Waals surface area contributed by atoms with Crippen molar-refractivity contribution in [3.63, 3.8) is 0 Å². The number of hydrogen-bond acceptors (Lipinski definition) is 4. The fourth-order valence-electron chi connectivity index (χ4n) is 6.98. The molecule has 8 heteroatoms. The predicted molar refractivity (Wildman–Crippen MR) is 153 cm³/mol. The molecule has 39 heavy (non-hydrogen) atoms. The molecular formula is C31H28N4O4. The summed E-state index contributed by atoms with van der Waals surface area (Å²) in [5.74, 6) is 0. The van der Waals surface area contributed by atoms with Crippen molar-refractivity contribution in [2.75, 3.05) is 0 Å². The van der Waals surface area contributed by atoms with Gasteiger partial charge in [0.2, 0.25) is 0 Å². The van der Waals surface area contributed by atoms with Gasteiger partial charge in [-0.3, -0.25) is 24.2 Å². The van der Waals surface area contributed by atoms with E-state index in [2.05, 4.69) is 16.1 Å². The number of nitrogens with one attached hydrogen (secondary N) is 2. The number of aromatic nitrogens is 4. The lowest BCUT2D eigenvalue weighted by molar-refractivity contribution is 0.353. The summed E-state index contributed by atoms with van der Waals surface area (Å²) in [5, 5.41) is 5.26. The van der Waals surface area contributed by atoms with Crippen molar-refractivity contribution in [2.45, 2.75) is 64.0 Å². The van der Waals surface area contributed by atoms with Crippen LogP contribution >= 0.6 is 0 Å². The highest BCUT2D eigenvalue weighted by molar-refractivity contribution is 6.14. The molecule has 0 saturated heterocycles. The van der Waals surface area contributed by atoms with Crippen LogP contribution in [-0.2, 0) is 13.0 Å². The van der Waals surface area contributed by atoms with Crippen LogP contribution in [0.3, 0.4) is 0 Å². The first kappa shape index (κ1) is 22.6. The van der Waals surface area contributed by atoms with Gasteiger partial charge in [-0.15, -0.1) is 0 Å². The fourth-order valence-corrected chi connectivity index (χ4v) is 6.98. The Morgan fingerprint density at radius 1 is 0.923 bits per heavy atom. The van der Waals surface area contributed by atoms with Crippen molar-refractivity contribution in [3.05, 3.63) is 79.0 Å².